The van der Waals surface area contributed by atoms with Gasteiger partial charge in [-0.05, 0) is 46.6 Å². The summed E-state index contributed by atoms with van der Waals surface area (Å²) in [6, 6.07) is 5.82. The minimum Gasteiger partial charge on any atom is -0.490 e. The van der Waals surface area contributed by atoms with Gasteiger partial charge in [0.05, 0.1) is 15.4 Å². The lowest BCUT2D eigenvalue weighted by Gasteiger charge is -2.37. The van der Waals surface area contributed by atoms with Gasteiger partial charge in [-0.2, -0.15) is 0 Å². The maximum absolute atomic E-state index is 14.5. The number of fused-ring (bicyclic) bond motifs is 1. The molecule has 1 aliphatic heterocycles. The Kier molecular flexibility index (Phi) is 5.29. The highest BCUT2D eigenvalue weighted by Crippen LogP contribution is 2.27. The Hall–Kier alpha value is -2.12. The fourth-order valence-electron chi connectivity index (χ4n) is 3.86. The summed E-state index contributed by atoms with van der Waals surface area (Å²) in [4.78, 5) is 15.5. The monoisotopic (exact) mass is 400 g/mol. The predicted octanol–water partition coefficient (Wildman–Crippen LogP) is 4.58. The number of nitrogens with zero attached hydrogens (tertiary/aromatic N) is 4. The molecule has 28 heavy (non-hydrogen) atoms. The number of aryl methyl sites for hydroxylation is 3. The molecule has 2 atom stereocenters. The van der Waals surface area contributed by atoms with Gasteiger partial charge >= 0.3 is 0 Å². The van der Waals surface area contributed by atoms with E-state index in [0.717, 1.165) is 46.2 Å². The molecule has 148 valence electrons. The van der Waals surface area contributed by atoms with Crippen LogP contribution in [0.2, 0.25) is 0 Å². The van der Waals surface area contributed by atoms with E-state index in [1.807, 2.05) is 32.9 Å². The zero-order valence-corrected chi connectivity index (χ0v) is 17.5. The van der Waals surface area contributed by atoms with E-state index >= 15 is 0 Å². The Morgan fingerprint density at radius 1 is 1.14 bits per heavy atom. The predicted molar refractivity (Wildman–Crippen MR) is 109 cm³/mol. The van der Waals surface area contributed by atoms with Crippen molar-refractivity contribution in [3.8, 4) is 5.75 Å². The van der Waals surface area contributed by atoms with E-state index in [-0.39, 0.29) is 18.0 Å². The number of pyridine rings is 2. The molecule has 3 aromatic heterocycles. The highest BCUT2D eigenvalue weighted by molar-refractivity contribution is 7.18. The third-order valence-electron chi connectivity index (χ3n) is 5.19. The molecule has 5 nitrogen and oxygen atoms in total. The van der Waals surface area contributed by atoms with Gasteiger partial charge in [-0.3, -0.25) is 9.88 Å². The van der Waals surface area contributed by atoms with Crippen LogP contribution in [0.5, 0.6) is 5.75 Å². The number of ether oxygens (including phenoxy) is 1. The molecule has 0 radical (unpaired) electrons. The van der Waals surface area contributed by atoms with Crippen LogP contribution in [-0.2, 0) is 6.54 Å². The molecule has 0 spiro atoms. The average Bonchev–Trinajstić information content (AvgIpc) is 2.95. The van der Waals surface area contributed by atoms with Gasteiger partial charge in [0.15, 0.2) is 5.65 Å². The van der Waals surface area contributed by atoms with Crippen molar-refractivity contribution in [2.24, 2.45) is 0 Å². The van der Waals surface area contributed by atoms with Crippen LogP contribution < -0.4 is 4.74 Å². The first-order valence-corrected chi connectivity index (χ1v) is 10.5. The summed E-state index contributed by atoms with van der Waals surface area (Å²) in [7, 11) is 0. The van der Waals surface area contributed by atoms with Gasteiger partial charge in [0.25, 0.3) is 0 Å². The molecule has 1 aliphatic rings. The molecule has 0 aromatic carbocycles. The number of likely N-dealkylation sites (tertiary alicyclic amines) is 1. The van der Waals surface area contributed by atoms with Gasteiger partial charge in [0.1, 0.15) is 17.7 Å². The van der Waals surface area contributed by atoms with Crippen LogP contribution >= 0.6 is 11.3 Å². The first-order valence-electron chi connectivity index (χ1n) is 9.66. The number of halogens is 1. The Labute approximate surface area is 168 Å². The van der Waals surface area contributed by atoms with Gasteiger partial charge < -0.3 is 4.74 Å². The number of thiazole rings is 1. The molecule has 4 heterocycles. The van der Waals surface area contributed by atoms with E-state index in [9.17, 15) is 4.39 Å². The highest BCUT2D eigenvalue weighted by atomic mass is 32.1. The molecular weight excluding hydrogens is 375 g/mol. The molecule has 0 bridgehead atoms. The minimum absolute atomic E-state index is 0.161. The van der Waals surface area contributed by atoms with Gasteiger partial charge in [0.2, 0.25) is 0 Å². The van der Waals surface area contributed by atoms with Crippen molar-refractivity contribution in [2.75, 3.05) is 6.54 Å². The second-order valence-electron chi connectivity index (χ2n) is 7.64. The SMILES string of the molecule is Cc1cc(O[C@H]2CCN(Cc3nc4nc(C)sc4cc3F)[C@@H](C)C2)cc(C)n1. The molecule has 0 N–H and O–H groups in total. The maximum atomic E-state index is 14.5. The second-order valence-corrected chi connectivity index (χ2v) is 8.88. The average molecular weight is 401 g/mol. The third-order valence-corrected chi connectivity index (χ3v) is 6.10. The Morgan fingerprint density at radius 3 is 2.61 bits per heavy atom. The van der Waals surface area contributed by atoms with Crippen molar-refractivity contribution < 1.29 is 9.13 Å². The summed E-state index contributed by atoms with van der Waals surface area (Å²) < 4.78 is 21.5. The van der Waals surface area contributed by atoms with Gasteiger partial charge in [-0.15, -0.1) is 11.3 Å². The molecule has 1 saturated heterocycles. The van der Waals surface area contributed by atoms with Crippen LogP contribution in [0.1, 0.15) is 41.9 Å². The fraction of sp³-hybridized carbons (Fsp3) is 0.476. The molecule has 0 saturated carbocycles. The van der Waals surface area contributed by atoms with Gasteiger partial charge in [-0.25, -0.2) is 14.4 Å². The fourth-order valence-corrected chi connectivity index (χ4v) is 4.66. The molecule has 1 fully saturated rings. The van der Waals surface area contributed by atoms with Crippen LogP contribution in [-0.4, -0.2) is 38.5 Å². The van der Waals surface area contributed by atoms with E-state index in [1.54, 1.807) is 6.07 Å². The normalized spacial score (nSPS) is 20.6. The van der Waals surface area contributed by atoms with Crippen LogP contribution in [0.25, 0.3) is 10.3 Å². The van der Waals surface area contributed by atoms with Crippen molar-refractivity contribution in [3.63, 3.8) is 0 Å². The van der Waals surface area contributed by atoms with Crippen LogP contribution in [0.4, 0.5) is 4.39 Å². The number of aromatic nitrogens is 3. The molecule has 0 unspecified atom stereocenters. The van der Waals surface area contributed by atoms with E-state index in [0.29, 0.717) is 17.9 Å². The molecule has 0 amide bonds. The summed E-state index contributed by atoms with van der Waals surface area (Å²) in [6.45, 7) is 9.40. The van der Waals surface area contributed by atoms with E-state index in [2.05, 4.69) is 26.8 Å². The van der Waals surface area contributed by atoms with Crippen molar-refractivity contribution in [1.29, 1.82) is 0 Å². The first-order chi connectivity index (χ1) is 13.4. The second kappa shape index (κ2) is 7.72. The lowest BCUT2D eigenvalue weighted by atomic mass is 10.00. The zero-order valence-electron chi connectivity index (χ0n) is 16.7. The van der Waals surface area contributed by atoms with Crippen molar-refractivity contribution in [1.82, 2.24) is 19.9 Å². The van der Waals surface area contributed by atoms with E-state index in [1.165, 1.54) is 11.3 Å². The van der Waals surface area contributed by atoms with Crippen LogP contribution in [0.3, 0.4) is 0 Å². The van der Waals surface area contributed by atoms with Crippen molar-refractivity contribution >= 4 is 21.7 Å². The Balaban J connectivity index is 1.42. The smallest absolute Gasteiger partial charge is 0.171 e. The standard InChI is InChI=1S/C21H25FN4OS/c1-12-7-17(8-13(2)23-12)27-16-5-6-26(14(3)9-16)11-19-18(22)10-20-21(25-19)24-15(4)28-20/h7-8,10,14,16H,5-6,9,11H2,1-4H3/t14-,16-/m0/s1. The summed E-state index contributed by atoms with van der Waals surface area (Å²) in [5, 5.41) is 0.909. The van der Waals surface area contributed by atoms with Gasteiger partial charge in [0, 0.05) is 42.7 Å². The maximum Gasteiger partial charge on any atom is 0.171 e. The number of hydrogen-bond acceptors (Lipinski definition) is 6. The number of piperidine rings is 1. The van der Waals surface area contributed by atoms with E-state index < -0.39 is 0 Å². The summed E-state index contributed by atoms with van der Waals surface area (Å²) in [5.74, 6) is 0.636. The van der Waals surface area contributed by atoms with E-state index in [4.69, 9.17) is 4.74 Å². The summed E-state index contributed by atoms with van der Waals surface area (Å²) in [5.41, 5.74) is 3.06. The van der Waals surface area contributed by atoms with Crippen molar-refractivity contribution in [2.45, 2.75) is 59.2 Å². The van der Waals surface area contributed by atoms with Crippen LogP contribution in [0, 0.1) is 26.6 Å². The zero-order chi connectivity index (χ0) is 19.8. The topological polar surface area (TPSA) is 51.1 Å². The quantitative estimate of drug-likeness (QED) is 0.641. The summed E-state index contributed by atoms with van der Waals surface area (Å²) >= 11 is 1.48. The molecular formula is C21H25FN4OS. The van der Waals surface area contributed by atoms with Crippen LogP contribution in [0.15, 0.2) is 18.2 Å². The Bertz CT molecular complexity index is 985. The molecule has 7 heteroatoms. The number of hydrogen-bond donors (Lipinski definition) is 0. The molecule has 3 aromatic rings. The molecule has 4 rings (SSSR count). The highest BCUT2D eigenvalue weighted by Gasteiger charge is 2.28. The van der Waals surface area contributed by atoms with Crippen molar-refractivity contribution in [3.05, 3.63) is 46.1 Å². The Morgan fingerprint density at radius 2 is 1.89 bits per heavy atom. The largest absolute Gasteiger partial charge is 0.490 e. The first kappa shape index (κ1) is 19.2. The summed E-state index contributed by atoms with van der Waals surface area (Å²) in [6.07, 6.45) is 1.97. The molecule has 0 aliphatic carbocycles. The third kappa shape index (κ3) is 4.15. The lowest BCUT2D eigenvalue weighted by Crippen LogP contribution is -2.44. The number of rotatable bonds is 4. The lowest BCUT2D eigenvalue weighted by molar-refractivity contribution is 0.0571. The minimum atomic E-state index is -0.246. The van der Waals surface area contributed by atoms with Gasteiger partial charge in [-0.1, -0.05) is 0 Å².